The molecule has 1 aliphatic heterocycles. The second-order valence-electron chi connectivity index (χ2n) is 4.10. The molecule has 0 saturated carbocycles. The van der Waals surface area contributed by atoms with Crippen LogP contribution in [0.15, 0.2) is 0 Å². The van der Waals surface area contributed by atoms with Gasteiger partial charge in [0, 0.05) is 26.2 Å². The van der Waals surface area contributed by atoms with E-state index < -0.39 is 0 Å². The van der Waals surface area contributed by atoms with E-state index in [2.05, 4.69) is 24.5 Å². The highest BCUT2D eigenvalue weighted by molar-refractivity contribution is 7.80. The van der Waals surface area contributed by atoms with E-state index in [0.29, 0.717) is 0 Å². The Kier molecular flexibility index (Phi) is 6.65. The fourth-order valence-corrected chi connectivity index (χ4v) is 2.29. The monoisotopic (exact) mass is 217 g/mol. The molecule has 1 fully saturated rings. The first kappa shape index (κ1) is 12.3. The number of thiol groups is 1. The Morgan fingerprint density at radius 3 is 2.93 bits per heavy atom. The maximum atomic E-state index is 5.44. The van der Waals surface area contributed by atoms with Gasteiger partial charge in [-0.05, 0) is 24.5 Å². The summed E-state index contributed by atoms with van der Waals surface area (Å²) in [6.07, 6.45) is 3.77. The zero-order valence-corrected chi connectivity index (χ0v) is 10.1. The average Bonchev–Trinajstić information content (AvgIpc) is 2.45. The van der Waals surface area contributed by atoms with Gasteiger partial charge in [0.25, 0.3) is 0 Å². The average molecular weight is 217 g/mol. The summed E-state index contributed by atoms with van der Waals surface area (Å²) in [5, 5.41) is 0. The summed E-state index contributed by atoms with van der Waals surface area (Å²) in [5.41, 5.74) is 0. The fraction of sp³-hybridized carbons (Fsp3) is 1.00. The number of ether oxygens (including phenoxy) is 1. The van der Waals surface area contributed by atoms with Crippen molar-refractivity contribution in [3.8, 4) is 0 Å². The van der Waals surface area contributed by atoms with Gasteiger partial charge >= 0.3 is 0 Å². The minimum Gasteiger partial charge on any atom is -0.380 e. The zero-order chi connectivity index (χ0) is 10.2. The van der Waals surface area contributed by atoms with Gasteiger partial charge in [-0.1, -0.05) is 13.3 Å². The van der Waals surface area contributed by atoms with Crippen LogP contribution in [-0.2, 0) is 4.74 Å². The van der Waals surface area contributed by atoms with Crippen LogP contribution in [0.4, 0.5) is 0 Å². The molecule has 0 radical (unpaired) electrons. The molecular formula is C11H23NOS. The van der Waals surface area contributed by atoms with E-state index in [1.54, 1.807) is 0 Å². The van der Waals surface area contributed by atoms with Gasteiger partial charge < -0.3 is 9.64 Å². The molecule has 0 amide bonds. The third kappa shape index (κ3) is 4.67. The van der Waals surface area contributed by atoms with Crippen LogP contribution in [0.1, 0.15) is 26.2 Å². The molecule has 0 aromatic heterocycles. The topological polar surface area (TPSA) is 12.5 Å². The summed E-state index contributed by atoms with van der Waals surface area (Å²) in [5.74, 6) is 1.78. The first-order chi connectivity index (χ1) is 6.86. The summed E-state index contributed by atoms with van der Waals surface area (Å²) in [4.78, 5) is 2.53. The summed E-state index contributed by atoms with van der Waals surface area (Å²) in [7, 11) is 0. The van der Waals surface area contributed by atoms with Gasteiger partial charge in [0.05, 0.1) is 6.61 Å². The van der Waals surface area contributed by atoms with E-state index in [9.17, 15) is 0 Å². The van der Waals surface area contributed by atoms with E-state index in [4.69, 9.17) is 4.74 Å². The summed E-state index contributed by atoms with van der Waals surface area (Å²) < 4.78 is 5.44. The van der Waals surface area contributed by atoms with Crippen molar-refractivity contribution in [2.24, 2.45) is 5.92 Å². The number of nitrogens with zero attached hydrogens (tertiary/aromatic N) is 1. The molecule has 1 rings (SSSR count). The van der Waals surface area contributed by atoms with E-state index in [0.717, 1.165) is 31.4 Å². The maximum Gasteiger partial charge on any atom is 0.0593 e. The predicted octanol–water partition coefficient (Wildman–Crippen LogP) is 2.05. The smallest absolute Gasteiger partial charge is 0.0593 e. The van der Waals surface area contributed by atoms with Crippen LogP contribution in [-0.4, -0.2) is 43.5 Å². The molecule has 1 saturated heterocycles. The van der Waals surface area contributed by atoms with Gasteiger partial charge in [-0.15, -0.1) is 0 Å². The standard InChI is InChI=1S/C11H23NOS/c1-2-4-11(10-14)9-12-5-3-7-13-8-6-12/h11,14H,2-10H2,1H3. The molecule has 1 atom stereocenters. The largest absolute Gasteiger partial charge is 0.380 e. The van der Waals surface area contributed by atoms with E-state index in [1.165, 1.54) is 32.4 Å². The maximum absolute atomic E-state index is 5.44. The molecule has 0 spiro atoms. The Morgan fingerprint density at radius 2 is 2.21 bits per heavy atom. The predicted molar refractivity (Wildman–Crippen MR) is 64.1 cm³/mol. The zero-order valence-electron chi connectivity index (χ0n) is 9.24. The molecule has 1 heterocycles. The lowest BCUT2D eigenvalue weighted by molar-refractivity contribution is 0.138. The Hall–Kier alpha value is 0.270. The van der Waals surface area contributed by atoms with Crippen molar-refractivity contribution >= 4 is 12.6 Å². The lowest BCUT2D eigenvalue weighted by atomic mass is 10.1. The molecular weight excluding hydrogens is 194 g/mol. The normalized spacial score (nSPS) is 21.9. The third-order valence-electron chi connectivity index (χ3n) is 2.79. The Labute approximate surface area is 93.4 Å². The van der Waals surface area contributed by atoms with Gasteiger partial charge in [0.1, 0.15) is 0 Å². The highest BCUT2D eigenvalue weighted by Gasteiger charge is 2.13. The van der Waals surface area contributed by atoms with Crippen molar-refractivity contribution in [1.29, 1.82) is 0 Å². The second-order valence-corrected chi connectivity index (χ2v) is 4.47. The third-order valence-corrected chi connectivity index (χ3v) is 3.30. The molecule has 1 unspecified atom stereocenters. The van der Waals surface area contributed by atoms with Crippen LogP contribution in [0.2, 0.25) is 0 Å². The SMILES string of the molecule is CCCC(CS)CN1CCCOCC1. The molecule has 0 N–H and O–H groups in total. The lowest BCUT2D eigenvalue weighted by Gasteiger charge is -2.24. The second kappa shape index (κ2) is 7.55. The van der Waals surface area contributed by atoms with Gasteiger partial charge in [-0.25, -0.2) is 0 Å². The molecule has 0 aromatic carbocycles. The van der Waals surface area contributed by atoms with Crippen LogP contribution in [0.25, 0.3) is 0 Å². The van der Waals surface area contributed by atoms with Crippen molar-refractivity contribution < 1.29 is 4.74 Å². The highest BCUT2D eigenvalue weighted by atomic mass is 32.1. The minimum atomic E-state index is 0.765. The van der Waals surface area contributed by atoms with Gasteiger partial charge in [-0.3, -0.25) is 0 Å². The van der Waals surface area contributed by atoms with Crippen molar-refractivity contribution in [3.63, 3.8) is 0 Å². The van der Waals surface area contributed by atoms with E-state index in [-0.39, 0.29) is 0 Å². The molecule has 14 heavy (non-hydrogen) atoms. The van der Waals surface area contributed by atoms with Gasteiger partial charge in [0.2, 0.25) is 0 Å². The number of hydrogen-bond donors (Lipinski definition) is 1. The Bertz CT molecular complexity index is 135. The quantitative estimate of drug-likeness (QED) is 0.708. The van der Waals surface area contributed by atoms with Crippen molar-refractivity contribution in [2.45, 2.75) is 26.2 Å². The first-order valence-electron chi connectivity index (χ1n) is 5.77. The first-order valence-corrected chi connectivity index (χ1v) is 6.41. The Balaban J connectivity index is 2.24. The molecule has 84 valence electrons. The van der Waals surface area contributed by atoms with Crippen LogP contribution in [0, 0.1) is 5.92 Å². The van der Waals surface area contributed by atoms with Gasteiger partial charge in [-0.2, -0.15) is 12.6 Å². The molecule has 0 bridgehead atoms. The number of rotatable bonds is 5. The van der Waals surface area contributed by atoms with Crippen LogP contribution in [0.5, 0.6) is 0 Å². The summed E-state index contributed by atoms with van der Waals surface area (Å²) in [6.45, 7) is 7.62. The van der Waals surface area contributed by atoms with Crippen molar-refractivity contribution in [3.05, 3.63) is 0 Å². The number of hydrogen-bond acceptors (Lipinski definition) is 3. The van der Waals surface area contributed by atoms with Crippen molar-refractivity contribution in [1.82, 2.24) is 4.90 Å². The fourth-order valence-electron chi connectivity index (χ4n) is 1.99. The molecule has 0 aliphatic carbocycles. The molecule has 2 nitrogen and oxygen atoms in total. The summed E-state index contributed by atoms with van der Waals surface area (Å²) >= 11 is 4.42. The van der Waals surface area contributed by atoms with Crippen LogP contribution < -0.4 is 0 Å². The minimum absolute atomic E-state index is 0.765. The van der Waals surface area contributed by atoms with Crippen LogP contribution >= 0.6 is 12.6 Å². The molecule has 0 aromatic rings. The van der Waals surface area contributed by atoms with Gasteiger partial charge in [0.15, 0.2) is 0 Å². The molecule has 3 heteroatoms. The Morgan fingerprint density at radius 1 is 1.36 bits per heavy atom. The lowest BCUT2D eigenvalue weighted by Crippen LogP contribution is -2.32. The molecule has 1 aliphatic rings. The van der Waals surface area contributed by atoms with E-state index in [1.807, 2.05) is 0 Å². The highest BCUT2D eigenvalue weighted by Crippen LogP contribution is 2.11. The van der Waals surface area contributed by atoms with Crippen LogP contribution in [0.3, 0.4) is 0 Å². The summed E-state index contributed by atoms with van der Waals surface area (Å²) in [6, 6.07) is 0. The van der Waals surface area contributed by atoms with E-state index >= 15 is 0 Å². The van der Waals surface area contributed by atoms with Crippen molar-refractivity contribution in [2.75, 3.05) is 38.6 Å².